The number of nitrogens with zero attached hydrogens (tertiary/aromatic N) is 3. The second kappa shape index (κ2) is 46.7. The average molecular weight is 1680 g/mol. The molecule has 2 fully saturated rings. The number of amides is 15. The summed E-state index contributed by atoms with van der Waals surface area (Å²) in [7, 11) is 2.32. The number of rotatable bonds is 21. The van der Waals surface area contributed by atoms with Gasteiger partial charge < -0.3 is 116 Å². The van der Waals surface area contributed by atoms with Gasteiger partial charge in [-0.05, 0) is 80.2 Å². The van der Waals surface area contributed by atoms with Gasteiger partial charge in [0, 0.05) is 52.2 Å². The van der Waals surface area contributed by atoms with E-state index in [4.69, 9.17) is 16.9 Å². The van der Waals surface area contributed by atoms with Gasteiger partial charge in [-0.3, -0.25) is 82.1 Å². The van der Waals surface area contributed by atoms with Crippen molar-refractivity contribution < 1.29 is 102 Å². The van der Waals surface area contributed by atoms with Crippen molar-refractivity contribution in [2.45, 2.75) is 177 Å². The third kappa shape index (κ3) is 29.2. The quantitative estimate of drug-likeness (QED) is 0.0210. The Hall–Kier alpha value is -12.1. The van der Waals surface area contributed by atoms with Crippen molar-refractivity contribution in [3.8, 4) is 11.1 Å². The minimum absolute atomic E-state index is 0.00963. The molecule has 0 bridgehead atoms. The molecule has 0 spiro atoms. The van der Waals surface area contributed by atoms with Gasteiger partial charge in [0.2, 0.25) is 88.6 Å². The van der Waals surface area contributed by atoms with E-state index in [1.165, 1.54) is 27.8 Å². The van der Waals surface area contributed by atoms with Crippen molar-refractivity contribution in [1.29, 1.82) is 5.41 Å². The maximum atomic E-state index is 15.3. The number of benzene rings is 4. The van der Waals surface area contributed by atoms with Gasteiger partial charge in [-0.2, -0.15) is 0 Å². The van der Waals surface area contributed by atoms with Crippen LogP contribution >= 0.6 is 11.8 Å². The fraction of sp³-hybridized carbons (Fsp3) is 0.481. The van der Waals surface area contributed by atoms with Crippen LogP contribution in [-0.2, 0) is 96.0 Å². The van der Waals surface area contributed by atoms with Crippen molar-refractivity contribution in [3.63, 3.8) is 0 Å². The first-order chi connectivity index (χ1) is 56.4. The smallest absolute Gasteiger partial charge is 0.305 e. The molecule has 4 aromatic rings. The van der Waals surface area contributed by atoms with E-state index in [1.54, 1.807) is 84.9 Å². The number of hydrogen-bond donors (Lipinski definition) is 20. The number of aliphatic hydroxyl groups excluding tert-OH is 4. The zero-order chi connectivity index (χ0) is 87.9. The molecule has 0 aliphatic carbocycles. The van der Waals surface area contributed by atoms with Crippen LogP contribution in [0.1, 0.15) is 83.4 Å². The van der Waals surface area contributed by atoms with Crippen LogP contribution in [0.3, 0.4) is 0 Å². The zero-order valence-electron chi connectivity index (χ0n) is 67.0. The third-order valence-corrected chi connectivity index (χ3v) is 20.8. The number of thioether (sulfide) groups is 1. The Morgan fingerprint density at radius 3 is 1.56 bits per heavy atom. The Bertz CT molecular complexity index is 4230. The molecule has 0 saturated carbocycles. The number of guanidine groups is 1. The number of hydrogen-bond acceptors (Lipinski definition) is 22. The van der Waals surface area contributed by atoms with E-state index in [1.807, 2.05) is 30.3 Å². The second-order valence-electron chi connectivity index (χ2n) is 29.2. The minimum Gasteiger partial charge on any atom is -0.481 e. The highest BCUT2D eigenvalue weighted by Gasteiger charge is 2.43. The van der Waals surface area contributed by atoms with E-state index in [9.17, 15) is 92.7 Å². The van der Waals surface area contributed by atoms with Gasteiger partial charge in [0.15, 0.2) is 5.96 Å². The number of aliphatic hydroxyl groups is 4. The average Bonchev–Trinajstić information content (AvgIpc) is 1.69. The summed E-state index contributed by atoms with van der Waals surface area (Å²) in [5, 5.41) is 90.6. The van der Waals surface area contributed by atoms with E-state index < -0.39 is 235 Å². The summed E-state index contributed by atoms with van der Waals surface area (Å²) >= 11 is 0.765. The molecule has 2 heterocycles. The largest absolute Gasteiger partial charge is 0.481 e. The second-order valence-corrected chi connectivity index (χ2v) is 30.3. The summed E-state index contributed by atoms with van der Waals surface area (Å²) < 4.78 is 0. The molecular formula is C79H108N18O21S. The molecule has 15 atom stereocenters. The van der Waals surface area contributed by atoms with Gasteiger partial charge >= 0.3 is 5.97 Å². The standard InChI is InChI=1S/C79H108N18O21S/c1-42(2)63-73(113)89-55(38-98)70(110)93-65(45(5)101)75(115)94-64(44(4)100)74(114)90-56(39-99)77(117)96(7)59(35-47-21-13-9-14-22-47)72(112)88-54(34-48-27-29-50(30-28-48)49-23-15-10-16-24-49)76(116)95(6)43(3)66(106)87-53(36-62(104)105)68(108)86-51(25-17-31-83-79(81)82)78(118)97-32-18-26-58(97)71(111)91-57(67(107)84-37-60(80)102)40-119-41-61(103)85-52(69(109)92-63)33-46-19-11-8-12-20-46/h8-16,19-24,27-30,42-45,51-59,63-65,98-101H,17-18,25-26,31-41H2,1-7H3,(H2,80,102)(H,84,107)(H,85,103)(H,86,108)(H,87,106)(H,88,112)(H,89,113)(H,90,114)(H,91,111)(H,92,109)(H,93,110)(H,94,115)(H,104,105)(H4,81,82,83)/t43-,44+,45+,51-,52-,53-,54-,55-,56-,57-,58-,59-,63?,64-,65-/m0/s1. The van der Waals surface area contributed by atoms with Crippen LogP contribution in [0.5, 0.6) is 0 Å². The van der Waals surface area contributed by atoms with Crippen molar-refractivity contribution in [2.24, 2.45) is 17.4 Å². The van der Waals surface area contributed by atoms with Crippen molar-refractivity contribution >= 4 is 112 Å². The number of primary amides is 1. The topological polar surface area (TPSA) is 604 Å². The predicted molar refractivity (Wildman–Crippen MR) is 432 cm³/mol. The first-order valence-electron chi connectivity index (χ1n) is 38.5. The molecule has 40 heteroatoms. The van der Waals surface area contributed by atoms with Crippen LogP contribution in [0.25, 0.3) is 11.1 Å². The normalized spacial score (nSPS) is 24.7. The van der Waals surface area contributed by atoms with Gasteiger partial charge in [0.25, 0.3) is 0 Å². The van der Waals surface area contributed by atoms with Crippen molar-refractivity contribution in [3.05, 3.63) is 132 Å². The zero-order valence-corrected chi connectivity index (χ0v) is 67.8. The molecule has 2 saturated heterocycles. The number of nitrogens with one attached hydrogen (secondary N) is 13. The minimum atomic E-state index is -2.06. The summed E-state index contributed by atoms with van der Waals surface area (Å²) in [6, 6.07) is 9.97. The first kappa shape index (κ1) is 95.7. The number of carbonyl (C=O) groups is 16. The molecule has 119 heavy (non-hydrogen) atoms. The lowest BCUT2D eigenvalue weighted by Crippen LogP contribution is -2.64. The van der Waals surface area contributed by atoms with Crippen LogP contribution in [0.15, 0.2) is 115 Å². The summed E-state index contributed by atoms with van der Waals surface area (Å²) in [4.78, 5) is 230. The fourth-order valence-electron chi connectivity index (χ4n) is 13.0. The number of aliphatic carboxylic acids is 1. The molecule has 2 aliphatic rings. The molecule has 2 aliphatic heterocycles. The van der Waals surface area contributed by atoms with E-state index in [0.29, 0.717) is 16.7 Å². The highest BCUT2D eigenvalue weighted by atomic mass is 32.2. The Kier molecular flexibility index (Phi) is 37.6. The molecule has 6 rings (SSSR count). The Balaban J connectivity index is 1.42. The summed E-state index contributed by atoms with van der Waals surface area (Å²) in [5.41, 5.74) is 13.9. The maximum Gasteiger partial charge on any atom is 0.305 e. The molecule has 0 aromatic heterocycles. The van der Waals surface area contributed by atoms with E-state index in [-0.39, 0.29) is 58.0 Å². The number of likely N-dealkylation sites (N-methyl/N-ethyl adjacent to an activating group) is 2. The summed E-state index contributed by atoms with van der Waals surface area (Å²) in [6.07, 6.45) is -5.75. The predicted octanol–water partition coefficient (Wildman–Crippen LogP) is -5.62. The van der Waals surface area contributed by atoms with Gasteiger partial charge in [-0.25, -0.2) is 0 Å². The van der Waals surface area contributed by atoms with Crippen LogP contribution < -0.4 is 75.3 Å². The van der Waals surface area contributed by atoms with Crippen LogP contribution in [0.4, 0.5) is 0 Å². The molecule has 4 aromatic carbocycles. The molecule has 646 valence electrons. The lowest BCUT2D eigenvalue weighted by Gasteiger charge is -2.34. The van der Waals surface area contributed by atoms with Crippen LogP contribution in [0.2, 0.25) is 0 Å². The SMILES string of the molecule is CC(C)C1NC(=O)[C@H](Cc2ccccc2)NC(=O)CSC[C@@H](C(=O)NCC(N)=O)NC(=O)[C@@H]2CCCN2C(=O)[C@H](CCCNC(=N)N)NC(=O)[C@H](CC(=O)O)NC(=O)[C@H](C)N(C)C(=O)[C@H](Cc2ccc(-c3ccccc3)cc2)NC(=O)[C@H](Cc2ccccc2)N(C)C(=O)[C@H](CO)NC(=O)[C@H]([C@@H](C)O)NC(=O)[C@H]([C@@H](C)O)NC(=O)[C@H](CO)NC1=O. The molecule has 1 unspecified atom stereocenters. The Morgan fingerprint density at radius 2 is 1.00 bits per heavy atom. The van der Waals surface area contributed by atoms with Crippen molar-refractivity contribution in [1.82, 2.24) is 78.5 Å². The lowest BCUT2D eigenvalue weighted by molar-refractivity contribution is -0.146. The van der Waals surface area contributed by atoms with Gasteiger partial charge in [0.1, 0.15) is 78.5 Å². The highest BCUT2D eigenvalue weighted by Crippen LogP contribution is 2.24. The maximum absolute atomic E-state index is 15.3. The van der Waals surface area contributed by atoms with Gasteiger partial charge in [-0.1, -0.05) is 129 Å². The lowest BCUT2D eigenvalue weighted by atomic mass is 9.98. The number of fused-ring (bicyclic) bond motifs is 1. The highest BCUT2D eigenvalue weighted by molar-refractivity contribution is 8.00. The Morgan fingerprint density at radius 1 is 0.521 bits per heavy atom. The molecule has 39 nitrogen and oxygen atoms in total. The van der Waals surface area contributed by atoms with Crippen molar-refractivity contribution in [2.75, 3.05) is 58.4 Å². The molecule has 0 radical (unpaired) electrons. The Labute approximate surface area is 691 Å². The van der Waals surface area contributed by atoms with E-state index in [2.05, 4.69) is 63.8 Å². The van der Waals surface area contributed by atoms with Crippen LogP contribution in [-0.4, -0.2) is 290 Å². The first-order valence-corrected chi connectivity index (χ1v) is 39.7. The van der Waals surface area contributed by atoms with E-state index >= 15 is 9.59 Å². The van der Waals surface area contributed by atoms with Crippen LogP contribution in [0, 0.1) is 11.3 Å². The van der Waals surface area contributed by atoms with Gasteiger partial charge in [0.05, 0.1) is 44.1 Å². The molecule has 15 amide bonds. The summed E-state index contributed by atoms with van der Waals surface area (Å²) in [6.45, 7) is 3.09. The molecule has 22 N–H and O–H groups in total. The number of carboxylic acid groups (broad SMARTS) is 1. The number of carbonyl (C=O) groups excluding carboxylic acids is 15. The number of carboxylic acids is 1. The van der Waals surface area contributed by atoms with E-state index in [0.717, 1.165) is 58.5 Å². The number of nitrogens with two attached hydrogens (primary N) is 2. The monoisotopic (exact) mass is 1680 g/mol. The fourth-order valence-corrected chi connectivity index (χ4v) is 13.8. The third-order valence-electron chi connectivity index (χ3n) is 19.8. The summed E-state index contributed by atoms with van der Waals surface area (Å²) in [5.74, 6) is -19.9. The molecular weight excluding hydrogens is 1570 g/mol. The van der Waals surface area contributed by atoms with Gasteiger partial charge in [-0.15, -0.1) is 11.8 Å².